The molecule has 2 aromatic heterocycles. The topological polar surface area (TPSA) is 81.9 Å². The molecule has 0 saturated heterocycles. The number of carbonyl (C=O) groups excluding carboxylic acids is 1. The highest BCUT2D eigenvalue weighted by Gasteiger charge is 2.35. The van der Waals surface area contributed by atoms with Crippen LogP contribution >= 0.6 is 11.8 Å². The van der Waals surface area contributed by atoms with Gasteiger partial charge in [0, 0.05) is 23.8 Å². The van der Waals surface area contributed by atoms with Crippen LogP contribution < -0.4 is 5.32 Å². The van der Waals surface area contributed by atoms with Gasteiger partial charge < -0.3 is 10.1 Å². The van der Waals surface area contributed by atoms with E-state index < -0.39 is 6.04 Å². The van der Waals surface area contributed by atoms with Gasteiger partial charge in [-0.25, -0.2) is 9.48 Å². The van der Waals surface area contributed by atoms with Gasteiger partial charge in [0.25, 0.3) is 0 Å². The fourth-order valence-corrected chi connectivity index (χ4v) is 3.98. The average molecular weight is 422 g/mol. The Labute approximate surface area is 179 Å². The fourth-order valence-electron chi connectivity index (χ4n) is 3.30. The zero-order valence-corrected chi connectivity index (χ0v) is 17.7. The maximum absolute atomic E-state index is 13.1. The third-order valence-corrected chi connectivity index (χ3v) is 5.74. The molecule has 154 valence electrons. The lowest BCUT2D eigenvalue weighted by atomic mass is 9.97. The zero-order valence-electron chi connectivity index (χ0n) is 16.9. The number of fused-ring (bicyclic) bond motifs is 1. The second-order valence-corrected chi connectivity index (χ2v) is 7.99. The normalized spacial score (nSPS) is 15.5. The van der Waals surface area contributed by atoms with Crippen molar-refractivity contribution in [1.82, 2.24) is 19.7 Å². The first-order chi connectivity index (χ1) is 14.7. The molecule has 0 amide bonds. The van der Waals surface area contributed by atoms with Crippen molar-refractivity contribution in [1.29, 1.82) is 0 Å². The Morgan fingerprint density at radius 3 is 2.80 bits per heavy atom. The average Bonchev–Trinajstić information content (AvgIpc) is 3.18. The molecule has 0 spiro atoms. The van der Waals surface area contributed by atoms with Crippen molar-refractivity contribution < 1.29 is 9.53 Å². The maximum atomic E-state index is 13.1. The van der Waals surface area contributed by atoms with E-state index >= 15 is 0 Å². The third-order valence-electron chi connectivity index (χ3n) is 4.70. The molecular weight excluding hydrogens is 398 g/mol. The van der Waals surface area contributed by atoms with Gasteiger partial charge in [0.2, 0.25) is 11.1 Å². The van der Waals surface area contributed by atoms with E-state index in [4.69, 9.17) is 4.74 Å². The van der Waals surface area contributed by atoms with Crippen LogP contribution in [0.15, 0.2) is 71.3 Å². The Bertz CT molecular complexity index is 1050. The number of hydrogen-bond donors (Lipinski definition) is 1. The molecule has 0 bridgehead atoms. The van der Waals surface area contributed by atoms with Gasteiger partial charge in [0.05, 0.1) is 5.57 Å². The van der Waals surface area contributed by atoms with Crippen molar-refractivity contribution in [2.24, 2.45) is 0 Å². The summed E-state index contributed by atoms with van der Waals surface area (Å²) < 4.78 is 7.40. The first-order valence-electron chi connectivity index (χ1n) is 9.85. The molecule has 0 aliphatic carbocycles. The quantitative estimate of drug-likeness (QED) is 0.452. The van der Waals surface area contributed by atoms with E-state index in [-0.39, 0.29) is 12.6 Å². The molecule has 0 saturated carbocycles. The molecule has 3 heterocycles. The van der Waals surface area contributed by atoms with Crippen molar-refractivity contribution in [2.75, 3.05) is 11.1 Å². The van der Waals surface area contributed by atoms with E-state index in [0.717, 1.165) is 23.3 Å². The Morgan fingerprint density at radius 2 is 2.07 bits per heavy atom. The predicted molar refractivity (Wildman–Crippen MR) is 116 cm³/mol. The molecule has 1 unspecified atom stereocenters. The third kappa shape index (κ3) is 4.23. The summed E-state index contributed by atoms with van der Waals surface area (Å²) in [5.74, 6) is 1.15. The summed E-state index contributed by atoms with van der Waals surface area (Å²) in [5, 5.41) is 8.57. The Kier molecular flexibility index (Phi) is 6.13. The van der Waals surface area contributed by atoms with Crippen LogP contribution in [0.25, 0.3) is 0 Å². The number of aromatic nitrogens is 4. The van der Waals surface area contributed by atoms with E-state index in [1.807, 2.05) is 49.4 Å². The number of allylic oxidation sites excluding steroid dienone is 1. The van der Waals surface area contributed by atoms with Gasteiger partial charge in [-0.05, 0) is 30.5 Å². The molecule has 3 aromatic rings. The van der Waals surface area contributed by atoms with E-state index in [1.165, 1.54) is 0 Å². The number of anilines is 1. The number of nitrogens with zero attached hydrogens (tertiary/aromatic N) is 4. The van der Waals surface area contributed by atoms with Crippen LogP contribution in [0, 0.1) is 0 Å². The molecule has 1 atom stereocenters. The monoisotopic (exact) mass is 421 g/mol. The SMILES string of the molecule is CCCSc1nc2n(n1)C(c1cccnc1)C(C(=O)OCc1ccccc1)=C(C)N2. The zero-order chi connectivity index (χ0) is 20.9. The number of hydrogen-bond acceptors (Lipinski definition) is 7. The number of ether oxygens (including phenoxy) is 1. The summed E-state index contributed by atoms with van der Waals surface area (Å²) in [6.07, 6.45) is 4.49. The van der Waals surface area contributed by atoms with Crippen LogP contribution in [0.3, 0.4) is 0 Å². The number of pyridine rings is 1. The van der Waals surface area contributed by atoms with Crippen LogP contribution in [0.2, 0.25) is 0 Å². The largest absolute Gasteiger partial charge is 0.457 e. The van der Waals surface area contributed by atoms with Crippen molar-refractivity contribution in [3.8, 4) is 0 Å². The number of nitrogens with one attached hydrogen (secondary N) is 1. The van der Waals surface area contributed by atoms with Crippen LogP contribution in [-0.2, 0) is 16.1 Å². The Hall–Kier alpha value is -3.13. The highest BCUT2D eigenvalue weighted by Crippen LogP contribution is 2.36. The summed E-state index contributed by atoms with van der Waals surface area (Å²) in [6.45, 7) is 4.18. The van der Waals surface area contributed by atoms with Gasteiger partial charge in [-0.3, -0.25) is 4.98 Å². The first kappa shape index (κ1) is 20.2. The van der Waals surface area contributed by atoms with E-state index in [9.17, 15) is 4.79 Å². The minimum Gasteiger partial charge on any atom is -0.457 e. The molecule has 1 aliphatic rings. The lowest BCUT2D eigenvalue weighted by molar-refractivity contribution is -0.140. The number of esters is 1. The van der Waals surface area contributed by atoms with Crippen molar-refractivity contribution in [2.45, 2.75) is 38.1 Å². The molecule has 30 heavy (non-hydrogen) atoms. The highest BCUT2D eigenvalue weighted by molar-refractivity contribution is 7.99. The standard InChI is InChI=1S/C22H23N5O2S/c1-3-12-30-22-25-21-24-15(2)18(20(28)29-14-16-8-5-4-6-9-16)19(27(21)26-22)17-10-7-11-23-13-17/h4-11,13,19H,3,12,14H2,1-2H3,(H,24,25,26). The van der Waals surface area contributed by atoms with Crippen molar-refractivity contribution >= 4 is 23.7 Å². The second-order valence-electron chi connectivity index (χ2n) is 6.93. The summed E-state index contributed by atoms with van der Waals surface area (Å²) in [4.78, 5) is 22.0. The summed E-state index contributed by atoms with van der Waals surface area (Å²) >= 11 is 1.60. The molecule has 7 nitrogen and oxygen atoms in total. The van der Waals surface area contributed by atoms with Crippen LogP contribution in [0.1, 0.15) is 37.4 Å². The lowest BCUT2D eigenvalue weighted by Gasteiger charge is -2.27. The van der Waals surface area contributed by atoms with Crippen LogP contribution in [0.5, 0.6) is 0 Å². The number of rotatable bonds is 7. The number of carbonyl (C=O) groups is 1. The number of benzene rings is 1. The summed E-state index contributed by atoms with van der Waals surface area (Å²) in [7, 11) is 0. The van der Waals surface area contributed by atoms with E-state index in [2.05, 4.69) is 27.3 Å². The van der Waals surface area contributed by atoms with Gasteiger partial charge in [-0.15, -0.1) is 5.10 Å². The molecule has 1 aliphatic heterocycles. The van der Waals surface area contributed by atoms with Gasteiger partial charge in [-0.1, -0.05) is 55.1 Å². The molecule has 4 rings (SSSR count). The highest BCUT2D eigenvalue weighted by atomic mass is 32.2. The fraction of sp³-hybridized carbons (Fsp3) is 0.273. The van der Waals surface area contributed by atoms with Gasteiger partial charge in [-0.2, -0.15) is 4.98 Å². The van der Waals surface area contributed by atoms with Crippen LogP contribution in [0.4, 0.5) is 5.95 Å². The van der Waals surface area contributed by atoms with Gasteiger partial charge in [0.1, 0.15) is 12.6 Å². The number of thioether (sulfide) groups is 1. The van der Waals surface area contributed by atoms with E-state index in [1.54, 1.807) is 28.8 Å². The second kappa shape index (κ2) is 9.13. The molecule has 0 fully saturated rings. The minimum atomic E-state index is -0.457. The molecule has 0 radical (unpaired) electrons. The smallest absolute Gasteiger partial charge is 0.338 e. The summed E-state index contributed by atoms with van der Waals surface area (Å²) in [5.41, 5.74) is 2.99. The molecular formula is C22H23N5O2S. The van der Waals surface area contributed by atoms with E-state index in [0.29, 0.717) is 22.4 Å². The van der Waals surface area contributed by atoms with Crippen molar-refractivity contribution in [3.05, 3.63) is 77.3 Å². The minimum absolute atomic E-state index is 0.206. The molecule has 8 heteroatoms. The molecule has 1 N–H and O–H groups in total. The molecule has 1 aromatic carbocycles. The van der Waals surface area contributed by atoms with Gasteiger partial charge >= 0.3 is 5.97 Å². The Balaban J connectivity index is 1.67. The summed E-state index contributed by atoms with van der Waals surface area (Å²) in [6, 6.07) is 13.0. The predicted octanol–water partition coefficient (Wildman–Crippen LogP) is 4.21. The van der Waals surface area contributed by atoms with Gasteiger partial charge in [0.15, 0.2) is 0 Å². The lowest BCUT2D eigenvalue weighted by Crippen LogP contribution is -2.29. The first-order valence-corrected chi connectivity index (χ1v) is 10.8. The van der Waals surface area contributed by atoms with Crippen molar-refractivity contribution in [3.63, 3.8) is 0 Å². The Morgan fingerprint density at radius 1 is 1.23 bits per heavy atom. The van der Waals surface area contributed by atoms with Crippen LogP contribution in [-0.4, -0.2) is 31.5 Å². The maximum Gasteiger partial charge on any atom is 0.338 e.